The summed E-state index contributed by atoms with van der Waals surface area (Å²) < 4.78 is 17.1. The number of ketones is 1. The molecule has 2 saturated carbocycles. The van der Waals surface area contributed by atoms with Crippen molar-refractivity contribution in [1.29, 1.82) is 0 Å². The van der Waals surface area contributed by atoms with Crippen molar-refractivity contribution in [1.82, 2.24) is 0 Å². The number of fused-ring (bicyclic) bond motifs is 1. The number of rotatable bonds is 7. The Morgan fingerprint density at radius 3 is 2.63 bits per heavy atom. The number of carbonyl (C=O) groups is 3. The van der Waals surface area contributed by atoms with Gasteiger partial charge < -0.3 is 14.2 Å². The van der Waals surface area contributed by atoms with E-state index in [-0.39, 0.29) is 36.3 Å². The largest absolute Gasteiger partial charge is 0.455 e. The second-order valence-corrected chi connectivity index (χ2v) is 8.71. The number of hydrogen-bond acceptors (Lipinski definition) is 6. The molecule has 1 aliphatic heterocycles. The molecule has 150 valence electrons. The minimum Gasteiger partial charge on any atom is -0.455 e. The first kappa shape index (κ1) is 20.1. The highest BCUT2D eigenvalue weighted by atomic mass is 16.6. The van der Waals surface area contributed by atoms with Crippen LogP contribution in [0.4, 0.5) is 0 Å². The van der Waals surface area contributed by atoms with Crippen molar-refractivity contribution in [2.45, 2.75) is 64.6 Å². The van der Waals surface area contributed by atoms with Gasteiger partial charge in [0, 0.05) is 17.8 Å². The third-order valence-corrected chi connectivity index (χ3v) is 7.61. The first-order valence-corrected chi connectivity index (χ1v) is 9.79. The quantitative estimate of drug-likeness (QED) is 0.501. The Kier molecular flexibility index (Phi) is 5.00. The molecule has 27 heavy (non-hydrogen) atoms. The summed E-state index contributed by atoms with van der Waals surface area (Å²) in [5.41, 5.74) is -2.07. The molecule has 0 aromatic carbocycles. The van der Waals surface area contributed by atoms with Gasteiger partial charge in [-0.2, -0.15) is 0 Å². The van der Waals surface area contributed by atoms with Crippen molar-refractivity contribution in [3.8, 4) is 0 Å². The predicted octanol–water partition coefficient (Wildman–Crippen LogP) is 2.84. The third-order valence-electron chi connectivity index (χ3n) is 7.61. The van der Waals surface area contributed by atoms with Crippen molar-refractivity contribution in [2.24, 2.45) is 23.2 Å². The van der Waals surface area contributed by atoms with Gasteiger partial charge in [-0.1, -0.05) is 26.8 Å². The Hall–Kier alpha value is -1.69. The lowest BCUT2D eigenvalue weighted by Crippen LogP contribution is -2.63. The maximum Gasteiger partial charge on any atom is 0.332 e. The van der Waals surface area contributed by atoms with Crippen molar-refractivity contribution in [3.05, 3.63) is 12.7 Å². The second kappa shape index (κ2) is 6.73. The fourth-order valence-corrected chi connectivity index (χ4v) is 6.33. The van der Waals surface area contributed by atoms with Crippen LogP contribution in [0.5, 0.6) is 0 Å². The summed E-state index contributed by atoms with van der Waals surface area (Å²) in [5, 5.41) is 0. The summed E-state index contributed by atoms with van der Waals surface area (Å²) in [6, 6.07) is 0. The minimum absolute atomic E-state index is 0.181. The van der Waals surface area contributed by atoms with E-state index in [9.17, 15) is 14.4 Å². The van der Waals surface area contributed by atoms with Crippen LogP contribution in [0, 0.1) is 23.2 Å². The fraction of sp³-hybridized carbons (Fsp3) is 0.762. The average molecular weight is 378 g/mol. The van der Waals surface area contributed by atoms with Gasteiger partial charge in [-0.05, 0) is 44.6 Å². The van der Waals surface area contributed by atoms with E-state index in [4.69, 9.17) is 14.2 Å². The molecule has 6 nitrogen and oxygen atoms in total. The van der Waals surface area contributed by atoms with E-state index in [1.54, 1.807) is 0 Å². The minimum atomic E-state index is -0.940. The zero-order chi connectivity index (χ0) is 20.0. The van der Waals surface area contributed by atoms with Gasteiger partial charge in [0.15, 0.2) is 17.0 Å². The fourth-order valence-electron chi connectivity index (χ4n) is 6.33. The summed E-state index contributed by atoms with van der Waals surface area (Å²) in [4.78, 5) is 36.1. The van der Waals surface area contributed by atoms with Crippen LogP contribution in [0.1, 0.15) is 53.4 Å². The van der Waals surface area contributed by atoms with Crippen molar-refractivity contribution < 1.29 is 28.6 Å². The van der Waals surface area contributed by atoms with E-state index in [2.05, 4.69) is 20.4 Å². The Bertz CT molecular complexity index is 672. The van der Waals surface area contributed by atoms with E-state index >= 15 is 0 Å². The molecule has 3 fully saturated rings. The summed E-state index contributed by atoms with van der Waals surface area (Å²) in [7, 11) is 0. The first-order chi connectivity index (χ1) is 12.6. The molecule has 0 spiro atoms. The van der Waals surface area contributed by atoms with E-state index in [1.165, 1.54) is 0 Å². The second-order valence-electron chi connectivity index (χ2n) is 8.71. The summed E-state index contributed by atoms with van der Waals surface area (Å²) in [5.74, 6) is -0.152. The molecule has 6 atom stereocenters. The van der Waals surface area contributed by atoms with Gasteiger partial charge in [-0.25, -0.2) is 4.79 Å². The van der Waals surface area contributed by atoms with Crippen LogP contribution in [0.3, 0.4) is 0 Å². The number of carbonyl (C=O) groups excluding carboxylic acids is 3. The molecule has 1 saturated heterocycles. The maximum atomic E-state index is 12.5. The van der Waals surface area contributed by atoms with Gasteiger partial charge in [-0.15, -0.1) is 0 Å². The van der Waals surface area contributed by atoms with E-state index in [0.29, 0.717) is 18.3 Å². The van der Waals surface area contributed by atoms with Gasteiger partial charge in [0.2, 0.25) is 0 Å². The highest BCUT2D eigenvalue weighted by molar-refractivity contribution is 5.90. The van der Waals surface area contributed by atoms with Crippen molar-refractivity contribution in [3.63, 3.8) is 0 Å². The summed E-state index contributed by atoms with van der Waals surface area (Å²) in [6.07, 6.45) is 4.27. The lowest BCUT2D eigenvalue weighted by molar-refractivity contribution is -0.235. The van der Waals surface area contributed by atoms with E-state index in [1.807, 2.05) is 13.8 Å². The van der Waals surface area contributed by atoms with Crippen LogP contribution < -0.4 is 0 Å². The van der Waals surface area contributed by atoms with Gasteiger partial charge in [-0.3, -0.25) is 9.59 Å². The van der Waals surface area contributed by atoms with E-state index < -0.39 is 17.2 Å². The molecule has 6 heteroatoms. The van der Waals surface area contributed by atoms with Gasteiger partial charge in [0.1, 0.15) is 13.2 Å². The highest BCUT2D eigenvalue weighted by Crippen LogP contribution is 2.73. The van der Waals surface area contributed by atoms with Crippen LogP contribution in [-0.2, 0) is 28.6 Å². The van der Waals surface area contributed by atoms with Crippen LogP contribution in [0.15, 0.2) is 12.7 Å². The Morgan fingerprint density at radius 1 is 1.30 bits per heavy atom. The monoisotopic (exact) mass is 378 g/mol. The summed E-state index contributed by atoms with van der Waals surface area (Å²) >= 11 is 0. The Balaban J connectivity index is 1.86. The zero-order valence-electron chi connectivity index (χ0n) is 16.7. The average Bonchev–Trinajstić information content (AvgIpc) is 2.92. The number of esters is 2. The molecule has 3 aliphatic rings. The molecule has 2 bridgehead atoms. The topological polar surface area (TPSA) is 78.9 Å². The van der Waals surface area contributed by atoms with Crippen LogP contribution in [0.2, 0.25) is 0 Å². The highest BCUT2D eigenvalue weighted by Gasteiger charge is 2.79. The number of hydrogen-bond donors (Lipinski definition) is 0. The van der Waals surface area contributed by atoms with Gasteiger partial charge in [0.25, 0.3) is 0 Å². The predicted molar refractivity (Wildman–Crippen MR) is 97.7 cm³/mol. The SMILES string of the molecule is C=CC(=O)COCC(=O)OC1(C)C2(C)OC(=O)CCC3C[C@@]1(C)C(CC)C32. The number of ether oxygens (including phenoxy) is 3. The van der Waals surface area contributed by atoms with Crippen LogP contribution in [0.25, 0.3) is 0 Å². The van der Waals surface area contributed by atoms with Crippen LogP contribution in [-0.4, -0.2) is 42.1 Å². The smallest absolute Gasteiger partial charge is 0.332 e. The van der Waals surface area contributed by atoms with Crippen LogP contribution >= 0.6 is 0 Å². The first-order valence-electron chi connectivity index (χ1n) is 9.79. The molecular weight excluding hydrogens is 348 g/mol. The zero-order valence-corrected chi connectivity index (χ0v) is 16.7. The molecule has 0 N–H and O–H groups in total. The molecule has 0 radical (unpaired) electrons. The van der Waals surface area contributed by atoms with E-state index in [0.717, 1.165) is 25.3 Å². The molecular formula is C21H30O6. The lowest BCUT2D eigenvalue weighted by atomic mass is 9.62. The Morgan fingerprint density at radius 2 is 2.00 bits per heavy atom. The Labute approximate surface area is 160 Å². The molecule has 0 aromatic rings. The standard InChI is InChI=1S/C21H30O6/c1-6-14(22)11-25-12-17(24)27-21(5)19(3)10-13-8-9-16(23)26-20(21,4)18(13)15(19)7-2/h6,13,15,18H,1,7-12H2,2-5H3/t13?,15?,18?,19-,20?,21?/m0/s1. The van der Waals surface area contributed by atoms with Gasteiger partial charge >= 0.3 is 11.9 Å². The third kappa shape index (κ3) is 2.75. The lowest BCUT2D eigenvalue weighted by Gasteiger charge is -2.52. The van der Waals surface area contributed by atoms with Gasteiger partial charge in [0.05, 0.1) is 0 Å². The van der Waals surface area contributed by atoms with Crippen molar-refractivity contribution in [2.75, 3.05) is 13.2 Å². The molecule has 5 unspecified atom stereocenters. The molecule has 1 heterocycles. The molecule has 0 aromatic heterocycles. The maximum absolute atomic E-state index is 12.5. The molecule has 3 rings (SSSR count). The normalized spacial score (nSPS) is 42.4. The molecule has 0 amide bonds. The van der Waals surface area contributed by atoms with Crippen molar-refractivity contribution >= 4 is 17.7 Å². The summed E-state index contributed by atoms with van der Waals surface area (Å²) in [6.45, 7) is 11.0. The molecule has 2 aliphatic carbocycles.